The van der Waals surface area contributed by atoms with E-state index >= 15 is 0 Å². The van der Waals surface area contributed by atoms with Crippen molar-refractivity contribution in [1.29, 1.82) is 0 Å². The SMILES string of the molecule is CCC(NC(=O)c1ccccn1)C(C)=O. The lowest BCUT2D eigenvalue weighted by molar-refractivity contribution is -0.118. The molecule has 1 atom stereocenters. The molecule has 1 aromatic heterocycles. The predicted octanol–water partition coefficient (Wildman–Crippen LogP) is 1.18. The maximum Gasteiger partial charge on any atom is 0.270 e. The summed E-state index contributed by atoms with van der Waals surface area (Å²) in [4.78, 5) is 26.6. The average molecular weight is 206 g/mol. The highest BCUT2D eigenvalue weighted by Gasteiger charge is 2.15. The van der Waals surface area contributed by atoms with E-state index in [1.807, 2.05) is 6.92 Å². The molecule has 0 aromatic carbocycles. The van der Waals surface area contributed by atoms with Gasteiger partial charge in [-0.3, -0.25) is 14.6 Å². The number of carbonyl (C=O) groups excluding carboxylic acids is 2. The number of nitrogens with one attached hydrogen (secondary N) is 1. The Labute approximate surface area is 88.7 Å². The predicted molar refractivity (Wildman–Crippen MR) is 56.5 cm³/mol. The van der Waals surface area contributed by atoms with Crippen molar-refractivity contribution in [3.05, 3.63) is 30.1 Å². The first-order chi connectivity index (χ1) is 7.15. The van der Waals surface area contributed by atoms with E-state index in [0.29, 0.717) is 12.1 Å². The molecule has 4 nitrogen and oxygen atoms in total. The molecule has 0 aliphatic heterocycles. The highest BCUT2D eigenvalue weighted by atomic mass is 16.2. The van der Waals surface area contributed by atoms with Gasteiger partial charge in [-0.2, -0.15) is 0 Å². The summed E-state index contributed by atoms with van der Waals surface area (Å²) in [6.45, 7) is 3.32. The van der Waals surface area contributed by atoms with E-state index in [2.05, 4.69) is 10.3 Å². The molecule has 0 bridgehead atoms. The van der Waals surface area contributed by atoms with Gasteiger partial charge in [0, 0.05) is 6.20 Å². The number of aromatic nitrogens is 1. The summed E-state index contributed by atoms with van der Waals surface area (Å²) >= 11 is 0. The highest BCUT2D eigenvalue weighted by Crippen LogP contribution is 1.97. The largest absolute Gasteiger partial charge is 0.341 e. The Morgan fingerprint density at radius 1 is 1.47 bits per heavy atom. The van der Waals surface area contributed by atoms with Crippen LogP contribution < -0.4 is 5.32 Å². The van der Waals surface area contributed by atoms with Gasteiger partial charge in [-0.15, -0.1) is 0 Å². The van der Waals surface area contributed by atoms with E-state index in [4.69, 9.17) is 0 Å². The second-order valence-corrected chi connectivity index (χ2v) is 3.26. The van der Waals surface area contributed by atoms with Crippen LogP contribution in [-0.2, 0) is 4.79 Å². The number of pyridine rings is 1. The Kier molecular flexibility index (Phi) is 3.97. The van der Waals surface area contributed by atoms with Gasteiger partial charge in [-0.1, -0.05) is 13.0 Å². The molecule has 1 heterocycles. The number of rotatable bonds is 4. The third kappa shape index (κ3) is 3.16. The number of ketones is 1. The topological polar surface area (TPSA) is 59.1 Å². The number of carbonyl (C=O) groups is 2. The smallest absolute Gasteiger partial charge is 0.270 e. The molecule has 0 aliphatic rings. The van der Waals surface area contributed by atoms with Gasteiger partial charge in [0.15, 0.2) is 5.78 Å². The van der Waals surface area contributed by atoms with Crippen LogP contribution in [-0.4, -0.2) is 22.7 Å². The number of nitrogens with zero attached hydrogens (tertiary/aromatic N) is 1. The van der Waals surface area contributed by atoms with Gasteiger partial charge < -0.3 is 5.32 Å². The molecule has 0 aliphatic carbocycles. The lowest BCUT2D eigenvalue weighted by Crippen LogP contribution is -2.39. The molecular formula is C11H14N2O2. The van der Waals surface area contributed by atoms with Crippen molar-refractivity contribution in [2.24, 2.45) is 0 Å². The summed E-state index contributed by atoms with van der Waals surface area (Å²) in [5, 5.41) is 2.63. The van der Waals surface area contributed by atoms with E-state index in [0.717, 1.165) is 0 Å². The lowest BCUT2D eigenvalue weighted by Gasteiger charge is -2.12. The van der Waals surface area contributed by atoms with Crippen molar-refractivity contribution < 1.29 is 9.59 Å². The standard InChI is InChI=1S/C11H14N2O2/c1-3-9(8(2)14)13-11(15)10-6-4-5-7-12-10/h4-7,9H,3H2,1-2H3,(H,13,15). The maximum atomic E-state index is 11.6. The molecule has 1 unspecified atom stereocenters. The maximum absolute atomic E-state index is 11.6. The first-order valence-electron chi connectivity index (χ1n) is 4.87. The number of hydrogen-bond acceptors (Lipinski definition) is 3. The zero-order chi connectivity index (χ0) is 11.3. The Morgan fingerprint density at radius 2 is 2.20 bits per heavy atom. The fraction of sp³-hybridized carbons (Fsp3) is 0.364. The minimum Gasteiger partial charge on any atom is -0.341 e. The van der Waals surface area contributed by atoms with E-state index in [1.165, 1.54) is 6.92 Å². The fourth-order valence-corrected chi connectivity index (χ4v) is 1.22. The minimum absolute atomic E-state index is 0.0400. The molecule has 15 heavy (non-hydrogen) atoms. The van der Waals surface area contributed by atoms with Crippen LogP contribution in [0.3, 0.4) is 0 Å². The molecule has 1 amide bonds. The zero-order valence-electron chi connectivity index (χ0n) is 8.86. The summed E-state index contributed by atoms with van der Waals surface area (Å²) in [7, 11) is 0. The van der Waals surface area contributed by atoms with Crippen molar-refractivity contribution >= 4 is 11.7 Å². The summed E-state index contributed by atoms with van der Waals surface area (Å²) < 4.78 is 0. The van der Waals surface area contributed by atoms with Gasteiger partial charge in [0.05, 0.1) is 6.04 Å². The number of amides is 1. The highest BCUT2D eigenvalue weighted by molar-refractivity contribution is 5.95. The number of hydrogen-bond donors (Lipinski definition) is 1. The first kappa shape index (κ1) is 11.4. The van der Waals surface area contributed by atoms with Crippen LogP contribution in [0.1, 0.15) is 30.8 Å². The zero-order valence-corrected chi connectivity index (χ0v) is 8.86. The van der Waals surface area contributed by atoms with Gasteiger partial charge in [-0.05, 0) is 25.5 Å². The normalized spacial score (nSPS) is 11.9. The summed E-state index contributed by atoms with van der Waals surface area (Å²) in [6, 6.07) is 4.66. The molecule has 1 rings (SSSR count). The van der Waals surface area contributed by atoms with Gasteiger partial charge in [0.2, 0.25) is 0 Å². The number of Topliss-reactive ketones (excluding diaryl/α,β-unsaturated/α-hetero) is 1. The monoisotopic (exact) mass is 206 g/mol. The summed E-state index contributed by atoms with van der Waals surface area (Å²) in [5.41, 5.74) is 0.331. The molecule has 1 N–H and O–H groups in total. The molecule has 0 fully saturated rings. The Balaban J connectivity index is 2.67. The molecule has 4 heteroatoms. The quantitative estimate of drug-likeness (QED) is 0.804. The molecule has 0 radical (unpaired) electrons. The van der Waals surface area contributed by atoms with Crippen LogP contribution in [0.15, 0.2) is 24.4 Å². The van der Waals surface area contributed by atoms with Crippen LogP contribution in [0, 0.1) is 0 Å². The van der Waals surface area contributed by atoms with Gasteiger partial charge >= 0.3 is 0 Å². The van der Waals surface area contributed by atoms with Crippen molar-refractivity contribution in [3.8, 4) is 0 Å². The van der Waals surface area contributed by atoms with Crippen molar-refractivity contribution in [3.63, 3.8) is 0 Å². The minimum atomic E-state index is -0.417. The third-order valence-electron chi connectivity index (χ3n) is 2.10. The van der Waals surface area contributed by atoms with E-state index < -0.39 is 6.04 Å². The molecular weight excluding hydrogens is 192 g/mol. The van der Waals surface area contributed by atoms with Crippen LogP contribution in [0.5, 0.6) is 0 Å². The van der Waals surface area contributed by atoms with Crippen LogP contribution in [0.4, 0.5) is 0 Å². The van der Waals surface area contributed by atoms with Crippen molar-refractivity contribution in [2.75, 3.05) is 0 Å². The summed E-state index contributed by atoms with van der Waals surface area (Å²) in [5.74, 6) is -0.348. The van der Waals surface area contributed by atoms with Crippen molar-refractivity contribution in [1.82, 2.24) is 10.3 Å². The van der Waals surface area contributed by atoms with Crippen LogP contribution in [0.2, 0.25) is 0 Å². The Bertz CT molecular complexity index is 349. The average Bonchev–Trinajstić information content (AvgIpc) is 2.26. The van der Waals surface area contributed by atoms with Crippen LogP contribution >= 0.6 is 0 Å². The molecule has 80 valence electrons. The Hall–Kier alpha value is -1.71. The van der Waals surface area contributed by atoms with Crippen molar-refractivity contribution in [2.45, 2.75) is 26.3 Å². The molecule has 0 spiro atoms. The fourth-order valence-electron chi connectivity index (χ4n) is 1.22. The van der Waals surface area contributed by atoms with E-state index in [1.54, 1.807) is 24.4 Å². The molecule has 0 saturated heterocycles. The second kappa shape index (κ2) is 5.24. The van der Waals surface area contributed by atoms with Gasteiger partial charge in [0.25, 0.3) is 5.91 Å². The second-order valence-electron chi connectivity index (χ2n) is 3.26. The van der Waals surface area contributed by atoms with Gasteiger partial charge in [-0.25, -0.2) is 0 Å². The van der Waals surface area contributed by atoms with Crippen LogP contribution in [0.25, 0.3) is 0 Å². The molecule has 0 saturated carbocycles. The molecule has 1 aromatic rings. The van der Waals surface area contributed by atoms with Gasteiger partial charge in [0.1, 0.15) is 5.69 Å². The summed E-state index contributed by atoms with van der Waals surface area (Å²) in [6.07, 6.45) is 2.14. The lowest BCUT2D eigenvalue weighted by atomic mass is 10.1. The Morgan fingerprint density at radius 3 is 2.67 bits per heavy atom. The van der Waals surface area contributed by atoms with E-state index in [-0.39, 0.29) is 11.7 Å². The first-order valence-corrected chi connectivity index (χ1v) is 4.87. The third-order valence-corrected chi connectivity index (χ3v) is 2.10. The van der Waals surface area contributed by atoms with E-state index in [9.17, 15) is 9.59 Å².